The summed E-state index contributed by atoms with van der Waals surface area (Å²) >= 11 is 1.25. The maximum Gasteiger partial charge on any atom is 0.335 e. The van der Waals surface area contributed by atoms with Crippen molar-refractivity contribution in [2.24, 2.45) is 5.41 Å². The van der Waals surface area contributed by atoms with Crippen LogP contribution in [-0.2, 0) is 11.3 Å². The predicted molar refractivity (Wildman–Crippen MR) is 187 cm³/mol. The average Bonchev–Trinajstić information content (AvgIpc) is 3.05. The number of carboxylic acids is 1. The van der Waals surface area contributed by atoms with Crippen LogP contribution in [0.3, 0.4) is 0 Å². The van der Waals surface area contributed by atoms with Crippen molar-refractivity contribution in [1.29, 1.82) is 0 Å². The van der Waals surface area contributed by atoms with E-state index in [9.17, 15) is 9.90 Å². The molecule has 2 aromatic heterocycles. The van der Waals surface area contributed by atoms with Gasteiger partial charge in [0.25, 0.3) is 0 Å². The number of carbonyl (C=O) groups is 1. The molecule has 1 fully saturated rings. The third-order valence-electron chi connectivity index (χ3n) is 8.18. The van der Waals surface area contributed by atoms with Crippen LogP contribution in [0, 0.1) is 19.3 Å². The van der Waals surface area contributed by atoms with Gasteiger partial charge in [0.05, 0.1) is 17.0 Å². The zero-order chi connectivity index (χ0) is 33.4. The number of nitrogens with one attached hydrogen (secondary N) is 2. The van der Waals surface area contributed by atoms with Gasteiger partial charge in [-0.1, -0.05) is 51.1 Å². The van der Waals surface area contributed by atoms with Crippen LogP contribution < -0.4 is 14.8 Å². The second-order valence-corrected chi connectivity index (χ2v) is 14.2. The van der Waals surface area contributed by atoms with Crippen molar-refractivity contribution in [1.82, 2.24) is 20.3 Å². The number of aryl methyl sites for hydroxylation is 2. The van der Waals surface area contributed by atoms with Crippen LogP contribution >= 0.6 is 11.9 Å². The number of hydrogen-bond donors (Lipinski definition) is 3. The second-order valence-electron chi connectivity index (χ2n) is 13.3. The monoisotopic (exact) mass is 655 g/mol. The summed E-state index contributed by atoms with van der Waals surface area (Å²) < 4.78 is 15.1. The van der Waals surface area contributed by atoms with Gasteiger partial charge in [-0.15, -0.1) is 0 Å². The molecule has 10 heteroatoms. The fourth-order valence-electron chi connectivity index (χ4n) is 5.87. The number of ether oxygens (including phenoxy) is 2. The van der Waals surface area contributed by atoms with Gasteiger partial charge >= 0.3 is 5.97 Å². The molecule has 1 atom stereocenters. The fraction of sp³-hybridized carbons (Fsp3) is 0.405. The van der Waals surface area contributed by atoms with Gasteiger partial charge in [-0.05, 0) is 97.3 Å². The summed E-state index contributed by atoms with van der Waals surface area (Å²) in [7, 11) is 0. The number of rotatable bonds is 13. The minimum absolute atomic E-state index is 0.0510. The van der Waals surface area contributed by atoms with Gasteiger partial charge in [-0.25, -0.2) is 9.78 Å². The van der Waals surface area contributed by atoms with Crippen molar-refractivity contribution in [2.45, 2.75) is 77.3 Å². The highest BCUT2D eigenvalue weighted by molar-refractivity contribution is 8.00. The fourth-order valence-corrected chi connectivity index (χ4v) is 6.50. The molecule has 248 valence electrons. The topological polar surface area (TPSA) is 118 Å². The standard InChI is InChI=1S/C37H45N5O4S/c1-24-8-6-9-25(2)34(24)32-19-33(41-36(40-32)42-47-31-11-7-10-27(18-31)35(43)44)46-23-30(20-37(3,4)5)39-22-29-13-12-28(21-38-29)26-14-16-45-17-15-26/h6-13,18-19,21,26,30,39H,14-17,20,22-23H2,1-5H3,(H,43,44)(H,40,41,42). The summed E-state index contributed by atoms with van der Waals surface area (Å²) in [5, 5.41) is 13.1. The molecule has 4 aromatic rings. The van der Waals surface area contributed by atoms with E-state index in [1.54, 1.807) is 18.2 Å². The largest absolute Gasteiger partial charge is 0.478 e. The van der Waals surface area contributed by atoms with E-state index in [-0.39, 0.29) is 17.0 Å². The highest BCUT2D eigenvalue weighted by Gasteiger charge is 2.21. The van der Waals surface area contributed by atoms with E-state index in [0.717, 1.165) is 65.4 Å². The number of anilines is 1. The lowest BCUT2D eigenvalue weighted by Crippen LogP contribution is -2.37. The number of aromatic nitrogens is 3. The third kappa shape index (κ3) is 10.00. The predicted octanol–water partition coefficient (Wildman–Crippen LogP) is 7.84. The molecule has 0 bridgehead atoms. The van der Waals surface area contributed by atoms with Crippen molar-refractivity contribution < 1.29 is 19.4 Å². The van der Waals surface area contributed by atoms with E-state index in [4.69, 9.17) is 24.4 Å². The van der Waals surface area contributed by atoms with Gasteiger partial charge in [0.2, 0.25) is 11.8 Å². The molecule has 3 N–H and O–H groups in total. The summed E-state index contributed by atoms with van der Waals surface area (Å²) in [4.78, 5) is 26.5. The van der Waals surface area contributed by atoms with E-state index in [0.29, 0.717) is 30.9 Å². The Morgan fingerprint density at radius 3 is 2.47 bits per heavy atom. The normalized spacial score (nSPS) is 14.5. The Balaban J connectivity index is 1.32. The smallest absolute Gasteiger partial charge is 0.335 e. The maximum atomic E-state index is 11.5. The summed E-state index contributed by atoms with van der Waals surface area (Å²) in [6.07, 6.45) is 5.00. The Kier molecular flexibility index (Phi) is 11.5. The first-order chi connectivity index (χ1) is 22.5. The zero-order valence-corrected chi connectivity index (χ0v) is 28.7. The Labute approximate surface area is 282 Å². The van der Waals surface area contributed by atoms with Crippen LogP contribution in [0.1, 0.15) is 78.7 Å². The van der Waals surface area contributed by atoms with Gasteiger partial charge in [0, 0.05) is 48.5 Å². The molecule has 1 unspecified atom stereocenters. The molecular weight excluding hydrogens is 611 g/mol. The van der Waals surface area contributed by atoms with E-state index < -0.39 is 5.97 Å². The minimum Gasteiger partial charge on any atom is -0.478 e. The van der Waals surface area contributed by atoms with E-state index in [1.165, 1.54) is 17.5 Å². The summed E-state index contributed by atoms with van der Waals surface area (Å²) in [5.41, 5.74) is 6.55. The lowest BCUT2D eigenvalue weighted by molar-refractivity contribution is 0.0696. The highest BCUT2D eigenvalue weighted by Crippen LogP contribution is 2.31. The van der Waals surface area contributed by atoms with Crippen molar-refractivity contribution >= 4 is 23.9 Å². The molecule has 0 radical (unpaired) electrons. The Morgan fingerprint density at radius 1 is 1.04 bits per heavy atom. The van der Waals surface area contributed by atoms with Crippen LogP contribution in [0.4, 0.5) is 5.95 Å². The van der Waals surface area contributed by atoms with Crippen molar-refractivity contribution in [3.63, 3.8) is 0 Å². The first-order valence-corrected chi connectivity index (χ1v) is 17.0. The van der Waals surface area contributed by atoms with Crippen LogP contribution in [0.25, 0.3) is 11.3 Å². The van der Waals surface area contributed by atoms with Gasteiger partial charge in [0.15, 0.2) is 0 Å². The number of benzene rings is 2. The van der Waals surface area contributed by atoms with Gasteiger partial charge < -0.3 is 19.9 Å². The first kappa shape index (κ1) is 34.3. The molecule has 1 aliphatic heterocycles. The third-order valence-corrected chi connectivity index (χ3v) is 8.96. The quantitative estimate of drug-likeness (QED) is 0.123. The molecule has 5 rings (SSSR count). The Hall–Kier alpha value is -3.99. The highest BCUT2D eigenvalue weighted by atomic mass is 32.2. The molecule has 47 heavy (non-hydrogen) atoms. The molecule has 0 saturated carbocycles. The molecule has 9 nitrogen and oxygen atoms in total. The number of pyridine rings is 1. The molecule has 1 aliphatic rings. The van der Waals surface area contributed by atoms with Crippen molar-refractivity contribution in [2.75, 3.05) is 24.5 Å². The Bertz CT molecular complexity index is 1630. The van der Waals surface area contributed by atoms with Crippen LogP contribution in [-0.4, -0.2) is 51.9 Å². The lowest BCUT2D eigenvalue weighted by Gasteiger charge is -2.27. The summed E-state index contributed by atoms with van der Waals surface area (Å²) in [6, 6.07) is 19.2. The van der Waals surface area contributed by atoms with Crippen LogP contribution in [0.5, 0.6) is 5.88 Å². The van der Waals surface area contributed by atoms with Crippen molar-refractivity contribution in [3.05, 3.63) is 94.8 Å². The molecule has 0 amide bonds. The molecular formula is C37H45N5O4S. The summed E-state index contributed by atoms with van der Waals surface area (Å²) in [5.74, 6) is 0.381. The van der Waals surface area contributed by atoms with Gasteiger partial charge in [-0.2, -0.15) is 4.98 Å². The molecule has 0 spiro atoms. The van der Waals surface area contributed by atoms with E-state index >= 15 is 0 Å². The van der Waals surface area contributed by atoms with E-state index in [1.807, 2.05) is 24.4 Å². The molecule has 2 aromatic carbocycles. The minimum atomic E-state index is -0.974. The molecule has 0 aliphatic carbocycles. The number of aromatic carboxylic acids is 1. The van der Waals surface area contributed by atoms with Gasteiger partial charge in [-0.3, -0.25) is 9.71 Å². The van der Waals surface area contributed by atoms with Crippen LogP contribution in [0.15, 0.2) is 71.8 Å². The zero-order valence-electron chi connectivity index (χ0n) is 27.9. The molecule has 3 heterocycles. The lowest BCUT2D eigenvalue weighted by atomic mass is 9.88. The van der Waals surface area contributed by atoms with E-state index in [2.05, 4.69) is 68.9 Å². The summed E-state index contributed by atoms with van der Waals surface area (Å²) in [6.45, 7) is 13.5. The SMILES string of the molecule is Cc1cccc(C)c1-c1cc(OCC(CC(C)(C)C)NCc2ccc(C3CCOCC3)cn2)nc(NSc2cccc(C(=O)O)c2)n1. The first-order valence-electron chi connectivity index (χ1n) is 16.1. The number of nitrogens with zero attached hydrogens (tertiary/aromatic N) is 3. The van der Waals surface area contributed by atoms with Gasteiger partial charge in [0.1, 0.15) is 6.61 Å². The number of carboxylic acid groups (broad SMARTS) is 1. The maximum absolute atomic E-state index is 11.5. The Morgan fingerprint density at radius 2 is 1.79 bits per heavy atom. The molecule has 1 saturated heterocycles. The van der Waals surface area contributed by atoms with Crippen LogP contribution in [0.2, 0.25) is 0 Å². The number of hydrogen-bond acceptors (Lipinski definition) is 9. The second kappa shape index (κ2) is 15.7. The van der Waals surface area contributed by atoms with Crippen molar-refractivity contribution in [3.8, 4) is 17.1 Å². The average molecular weight is 656 g/mol.